The van der Waals surface area contributed by atoms with Crippen molar-refractivity contribution in [3.8, 4) is 17.1 Å². The normalized spacial score (nSPS) is 21.9. The Morgan fingerprint density at radius 1 is 1.25 bits per heavy atom. The molecule has 0 radical (unpaired) electrons. The summed E-state index contributed by atoms with van der Waals surface area (Å²) in [7, 11) is 1.65. The van der Waals surface area contributed by atoms with Crippen LogP contribution in [0.1, 0.15) is 18.5 Å². The Balaban J connectivity index is 1.27. The second-order valence-electron chi connectivity index (χ2n) is 8.64. The SMILES string of the molecule is COc1ccc(-c2cc(CC3CNCCC3CC(=O)NCCN3CCOCC3)no2)cc1. The highest BCUT2D eigenvalue weighted by molar-refractivity contribution is 5.76. The van der Waals surface area contributed by atoms with Gasteiger partial charge in [0.05, 0.1) is 26.0 Å². The summed E-state index contributed by atoms with van der Waals surface area (Å²) in [6.07, 6.45) is 2.38. The number of carbonyl (C=O) groups excluding carboxylic acids is 1. The molecular weight excluding hydrogens is 408 g/mol. The third kappa shape index (κ3) is 6.31. The quantitative estimate of drug-likeness (QED) is 0.614. The van der Waals surface area contributed by atoms with Crippen molar-refractivity contribution < 1.29 is 18.8 Å². The number of ether oxygens (including phenoxy) is 2. The molecule has 2 fully saturated rings. The van der Waals surface area contributed by atoms with Crippen LogP contribution in [0.5, 0.6) is 5.75 Å². The molecule has 0 saturated carbocycles. The van der Waals surface area contributed by atoms with Gasteiger partial charge in [-0.25, -0.2) is 0 Å². The zero-order valence-electron chi connectivity index (χ0n) is 18.8. The molecule has 0 spiro atoms. The summed E-state index contributed by atoms with van der Waals surface area (Å²) in [5.74, 6) is 2.43. The van der Waals surface area contributed by atoms with Gasteiger partial charge in [0.15, 0.2) is 5.76 Å². The molecule has 4 rings (SSSR count). The highest BCUT2D eigenvalue weighted by Gasteiger charge is 2.28. The highest BCUT2D eigenvalue weighted by Crippen LogP contribution is 2.28. The summed E-state index contributed by atoms with van der Waals surface area (Å²) in [6.45, 7) is 6.90. The number of hydrogen-bond donors (Lipinski definition) is 2. The number of amides is 1. The molecule has 32 heavy (non-hydrogen) atoms. The van der Waals surface area contributed by atoms with E-state index in [1.807, 2.05) is 30.3 Å². The van der Waals surface area contributed by atoms with Crippen LogP contribution in [0.15, 0.2) is 34.9 Å². The molecule has 2 aliphatic heterocycles. The lowest BCUT2D eigenvalue weighted by Gasteiger charge is -2.31. The number of carbonyl (C=O) groups is 1. The molecule has 2 unspecified atom stereocenters. The first-order valence-electron chi connectivity index (χ1n) is 11.6. The lowest BCUT2D eigenvalue weighted by Crippen LogP contribution is -2.43. The first-order chi connectivity index (χ1) is 15.7. The van der Waals surface area contributed by atoms with E-state index in [-0.39, 0.29) is 5.91 Å². The van der Waals surface area contributed by atoms with Crippen molar-refractivity contribution in [3.05, 3.63) is 36.0 Å². The second-order valence-corrected chi connectivity index (χ2v) is 8.64. The van der Waals surface area contributed by atoms with Gasteiger partial charge < -0.3 is 24.6 Å². The molecule has 0 bridgehead atoms. The van der Waals surface area contributed by atoms with Gasteiger partial charge in [-0.2, -0.15) is 0 Å². The minimum atomic E-state index is 0.147. The van der Waals surface area contributed by atoms with E-state index in [0.717, 1.165) is 81.5 Å². The number of benzene rings is 1. The summed E-state index contributed by atoms with van der Waals surface area (Å²) in [6, 6.07) is 9.77. The molecule has 1 aromatic heterocycles. The fourth-order valence-electron chi connectivity index (χ4n) is 4.54. The molecule has 174 valence electrons. The zero-order valence-corrected chi connectivity index (χ0v) is 18.8. The molecule has 0 aliphatic carbocycles. The van der Waals surface area contributed by atoms with Crippen LogP contribution in [0.2, 0.25) is 0 Å². The number of rotatable bonds is 9. The van der Waals surface area contributed by atoms with Crippen LogP contribution < -0.4 is 15.4 Å². The number of aromatic nitrogens is 1. The third-order valence-electron chi connectivity index (χ3n) is 6.47. The van der Waals surface area contributed by atoms with Crippen molar-refractivity contribution in [2.45, 2.75) is 19.3 Å². The topological polar surface area (TPSA) is 88.9 Å². The van der Waals surface area contributed by atoms with Crippen LogP contribution >= 0.6 is 0 Å². The van der Waals surface area contributed by atoms with Gasteiger partial charge in [-0.15, -0.1) is 0 Å². The minimum Gasteiger partial charge on any atom is -0.497 e. The average molecular weight is 443 g/mol. The predicted octanol–water partition coefficient (Wildman–Crippen LogP) is 1.96. The Labute approximate surface area is 189 Å². The molecule has 2 aliphatic rings. The number of morpholine rings is 1. The lowest BCUT2D eigenvalue weighted by molar-refractivity contribution is -0.122. The number of piperidine rings is 1. The van der Waals surface area contributed by atoms with E-state index in [2.05, 4.69) is 20.7 Å². The molecule has 2 atom stereocenters. The summed E-state index contributed by atoms with van der Waals surface area (Å²) >= 11 is 0. The van der Waals surface area contributed by atoms with Crippen LogP contribution in [0, 0.1) is 11.8 Å². The van der Waals surface area contributed by atoms with Gasteiger partial charge in [-0.1, -0.05) is 5.16 Å². The van der Waals surface area contributed by atoms with Crippen LogP contribution in [0.25, 0.3) is 11.3 Å². The molecule has 1 aromatic carbocycles. The van der Waals surface area contributed by atoms with Crippen LogP contribution in [0.4, 0.5) is 0 Å². The van der Waals surface area contributed by atoms with E-state index in [0.29, 0.717) is 24.8 Å². The first kappa shape index (κ1) is 22.8. The van der Waals surface area contributed by atoms with E-state index < -0.39 is 0 Å². The standard InChI is InChI=1S/C24H34N4O4/c1-30-22-4-2-18(3-5-22)23-16-21(27-32-23)14-20-17-25-7-6-19(20)15-24(29)26-8-9-28-10-12-31-13-11-28/h2-5,16,19-20,25H,6-15,17H2,1H3,(H,26,29). The Morgan fingerprint density at radius 2 is 2.06 bits per heavy atom. The summed E-state index contributed by atoms with van der Waals surface area (Å²) in [5, 5.41) is 10.9. The van der Waals surface area contributed by atoms with Gasteiger partial charge in [-0.3, -0.25) is 9.69 Å². The van der Waals surface area contributed by atoms with Crippen LogP contribution in [-0.2, 0) is 16.0 Å². The maximum atomic E-state index is 12.6. The fraction of sp³-hybridized carbons (Fsp3) is 0.583. The van der Waals surface area contributed by atoms with E-state index in [1.54, 1.807) is 7.11 Å². The Bertz CT molecular complexity index is 848. The number of hydrogen-bond acceptors (Lipinski definition) is 7. The molecule has 3 heterocycles. The first-order valence-corrected chi connectivity index (χ1v) is 11.6. The van der Waals surface area contributed by atoms with E-state index >= 15 is 0 Å². The van der Waals surface area contributed by atoms with Gasteiger partial charge in [0, 0.05) is 44.2 Å². The molecule has 2 N–H and O–H groups in total. The van der Waals surface area contributed by atoms with Gasteiger partial charge in [-0.05, 0) is 62.0 Å². The Kier molecular flexibility index (Phi) is 8.14. The number of nitrogens with zero attached hydrogens (tertiary/aromatic N) is 2. The molecule has 8 heteroatoms. The summed E-state index contributed by atoms with van der Waals surface area (Å²) in [5.41, 5.74) is 1.91. The second kappa shape index (κ2) is 11.4. The van der Waals surface area contributed by atoms with Gasteiger partial charge in [0.25, 0.3) is 0 Å². The van der Waals surface area contributed by atoms with Crippen molar-refractivity contribution in [1.82, 2.24) is 20.7 Å². The van der Waals surface area contributed by atoms with Crippen molar-refractivity contribution in [2.75, 3.05) is 59.6 Å². The molecule has 2 saturated heterocycles. The Morgan fingerprint density at radius 3 is 2.84 bits per heavy atom. The van der Waals surface area contributed by atoms with Crippen LogP contribution in [-0.4, -0.2) is 75.6 Å². The predicted molar refractivity (Wildman–Crippen MR) is 122 cm³/mol. The maximum absolute atomic E-state index is 12.6. The van der Waals surface area contributed by atoms with Crippen molar-refractivity contribution in [2.24, 2.45) is 11.8 Å². The largest absolute Gasteiger partial charge is 0.497 e. The fourth-order valence-corrected chi connectivity index (χ4v) is 4.54. The van der Waals surface area contributed by atoms with Crippen molar-refractivity contribution in [1.29, 1.82) is 0 Å². The molecule has 8 nitrogen and oxygen atoms in total. The minimum absolute atomic E-state index is 0.147. The summed E-state index contributed by atoms with van der Waals surface area (Å²) in [4.78, 5) is 14.9. The molecule has 2 aromatic rings. The van der Waals surface area contributed by atoms with E-state index in [9.17, 15) is 4.79 Å². The molecule has 1 amide bonds. The molecular formula is C24H34N4O4. The van der Waals surface area contributed by atoms with E-state index in [1.165, 1.54) is 0 Å². The Hall–Kier alpha value is -2.42. The average Bonchev–Trinajstić information content (AvgIpc) is 3.30. The monoisotopic (exact) mass is 442 g/mol. The number of methoxy groups -OCH3 is 1. The zero-order chi connectivity index (χ0) is 22.2. The van der Waals surface area contributed by atoms with Gasteiger partial charge in [0.2, 0.25) is 5.91 Å². The van der Waals surface area contributed by atoms with Crippen molar-refractivity contribution >= 4 is 5.91 Å². The van der Waals surface area contributed by atoms with Gasteiger partial charge in [0.1, 0.15) is 5.75 Å². The lowest BCUT2D eigenvalue weighted by atomic mass is 9.81. The summed E-state index contributed by atoms with van der Waals surface area (Å²) < 4.78 is 16.2. The van der Waals surface area contributed by atoms with Crippen LogP contribution in [0.3, 0.4) is 0 Å². The number of nitrogens with one attached hydrogen (secondary N) is 2. The van der Waals surface area contributed by atoms with Crippen molar-refractivity contribution in [3.63, 3.8) is 0 Å². The third-order valence-corrected chi connectivity index (χ3v) is 6.47. The van der Waals surface area contributed by atoms with Gasteiger partial charge >= 0.3 is 0 Å². The van der Waals surface area contributed by atoms with E-state index in [4.69, 9.17) is 14.0 Å². The maximum Gasteiger partial charge on any atom is 0.220 e. The smallest absolute Gasteiger partial charge is 0.220 e. The highest BCUT2D eigenvalue weighted by atomic mass is 16.5.